The highest BCUT2D eigenvalue weighted by Crippen LogP contribution is 2.74. The zero-order valence-electron chi connectivity index (χ0n) is 14.5. The van der Waals surface area contributed by atoms with Crippen molar-refractivity contribution in [2.24, 2.45) is 28.6 Å². The second kappa shape index (κ2) is 3.71. The standard InChI is InChI=1S/C19H28O3/c1-15(2,3)17-11-13-12-9-7-8-10-14(17)18(12,20)22-19(13,21-17)16(4,5)6/h7-10,12-14,20H,11H2,1-6H3. The van der Waals surface area contributed by atoms with E-state index in [1.165, 1.54) is 0 Å². The maximum Gasteiger partial charge on any atom is 0.184 e. The summed E-state index contributed by atoms with van der Waals surface area (Å²) in [5.41, 5.74) is -0.633. The molecule has 0 spiro atoms. The van der Waals surface area contributed by atoms with Crippen LogP contribution in [0.25, 0.3) is 0 Å². The lowest BCUT2D eigenvalue weighted by atomic mass is 9.56. The van der Waals surface area contributed by atoms with Crippen molar-refractivity contribution in [2.75, 3.05) is 0 Å². The summed E-state index contributed by atoms with van der Waals surface area (Å²) in [4.78, 5) is 0. The molecular formula is C19H28O3. The van der Waals surface area contributed by atoms with Crippen molar-refractivity contribution in [1.29, 1.82) is 0 Å². The highest BCUT2D eigenvalue weighted by atomic mass is 16.8. The van der Waals surface area contributed by atoms with Gasteiger partial charge in [-0.3, -0.25) is 0 Å². The number of hydrogen-bond acceptors (Lipinski definition) is 3. The SMILES string of the molecule is CC(C)(C)C12CC3C4C=CC=CC1C4(O)OC3(C(C)(C)C)O2. The number of aliphatic hydroxyl groups is 1. The van der Waals surface area contributed by atoms with Crippen LogP contribution in [0.15, 0.2) is 24.3 Å². The highest BCUT2D eigenvalue weighted by molar-refractivity contribution is 5.33. The first kappa shape index (κ1) is 14.9. The van der Waals surface area contributed by atoms with Gasteiger partial charge in [0.15, 0.2) is 11.6 Å². The summed E-state index contributed by atoms with van der Waals surface area (Å²) < 4.78 is 13.2. The Labute approximate surface area is 133 Å². The van der Waals surface area contributed by atoms with Gasteiger partial charge in [-0.05, 0) is 11.8 Å². The fraction of sp³-hybridized carbons (Fsp3) is 0.789. The van der Waals surface area contributed by atoms with E-state index in [9.17, 15) is 5.11 Å². The molecule has 6 unspecified atom stereocenters. The van der Waals surface area contributed by atoms with Crippen LogP contribution < -0.4 is 0 Å². The molecule has 22 heavy (non-hydrogen) atoms. The van der Waals surface area contributed by atoms with E-state index in [0.717, 1.165) is 6.42 Å². The Balaban J connectivity index is 1.98. The molecule has 6 bridgehead atoms. The van der Waals surface area contributed by atoms with Crippen molar-refractivity contribution in [3.8, 4) is 0 Å². The van der Waals surface area contributed by atoms with Crippen molar-refractivity contribution >= 4 is 0 Å². The van der Waals surface area contributed by atoms with Gasteiger partial charge in [0.25, 0.3) is 0 Å². The minimum absolute atomic E-state index is 0.00435. The maximum atomic E-state index is 11.5. The second-order valence-electron chi connectivity index (χ2n) is 9.60. The molecule has 3 heterocycles. The molecule has 5 rings (SSSR count). The van der Waals surface area contributed by atoms with Gasteiger partial charge in [-0.25, -0.2) is 0 Å². The number of ether oxygens (including phenoxy) is 2. The van der Waals surface area contributed by atoms with E-state index in [-0.39, 0.29) is 34.2 Å². The minimum Gasteiger partial charge on any atom is -0.364 e. The molecule has 3 saturated heterocycles. The van der Waals surface area contributed by atoms with Gasteiger partial charge in [-0.1, -0.05) is 65.8 Å². The van der Waals surface area contributed by atoms with Crippen molar-refractivity contribution in [1.82, 2.24) is 0 Å². The third-order valence-corrected chi connectivity index (χ3v) is 6.57. The molecule has 1 saturated carbocycles. The molecule has 0 aromatic heterocycles. The molecular weight excluding hydrogens is 276 g/mol. The summed E-state index contributed by atoms with van der Waals surface area (Å²) in [6, 6.07) is 0. The Morgan fingerprint density at radius 3 is 2.18 bits per heavy atom. The van der Waals surface area contributed by atoms with Crippen LogP contribution in [0, 0.1) is 28.6 Å². The van der Waals surface area contributed by atoms with Crippen LogP contribution in [-0.2, 0) is 9.47 Å². The average molecular weight is 304 g/mol. The topological polar surface area (TPSA) is 38.7 Å². The van der Waals surface area contributed by atoms with Crippen molar-refractivity contribution in [2.45, 2.75) is 65.1 Å². The van der Waals surface area contributed by atoms with Gasteiger partial charge in [-0.2, -0.15) is 0 Å². The first-order valence-electron chi connectivity index (χ1n) is 8.46. The van der Waals surface area contributed by atoms with Gasteiger partial charge in [0.1, 0.15) is 0 Å². The van der Waals surface area contributed by atoms with Crippen molar-refractivity contribution < 1.29 is 14.6 Å². The quantitative estimate of drug-likeness (QED) is 0.742. The van der Waals surface area contributed by atoms with Gasteiger partial charge in [0.2, 0.25) is 0 Å². The van der Waals surface area contributed by atoms with Crippen LogP contribution in [0.1, 0.15) is 48.0 Å². The van der Waals surface area contributed by atoms with Gasteiger partial charge >= 0.3 is 0 Å². The molecule has 5 aliphatic rings. The van der Waals surface area contributed by atoms with E-state index in [2.05, 4.69) is 59.8 Å². The van der Waals surface area contributed by atoms with Crippen LogP contribution in [0.4, 0.5) is 0 Å². The van der Waals surface area contributed by atoms with Gasteiger partial charge in [-0.15, -0.1) is 0 Å². The van der Waals surface area contributed by atoms with Gasteiger partial charge < -0.3 is 14.6 Å². The zero-order chi connectivity index (χ0) is 16.2. The largest absolute Gasteiger partial charge is 0.364 e. The van der Waals surface area contributed by atoms with E-state index in [0.29, 0.717) is 0 Å². The number of rotatable bonds is 0. The summed E-state index contributed by atoms with van der Waals surface area (Å²) in [6.07, 6.45) is 9.27. The number of hydrogen-bond donors (Lipinski definition) is 1. The Kier molecular flexibility index (Phi) is 2.52. The smallest absolute Gasteiger partial charge is 0.184 e. The van der Waals surface area contributed by atoms with E-state index in [1.54, 1.807) is 0 Å². The van der Waals surface area contributed by atoms with E-state index in [1.807, 2.05) is 6.08 Å². The molecule has 4 fully saturated rings. The Hall–Kier alpha value is -0.640. The Morgan fingerprint density at radius 1 is 0.955 bits per heavy atom. The molecule has 3 aliphatic heterocycles. The monoisotopic (exact) mass is 304 g/mol. The molecule has 0 aromatic carbocycles. The third kappa shape index (κ3) is 1.36. The minimum atomic E-state index is -1.15. The molecule has 2 aliphatic carbocycles. The predicted octanol–water partition coefficient (Wildman–Crippen LogP) is 3.64. The summed E-state index contributed by atoms with van der Waals surface area (Å²) in [5.74, 6) is -1.78. The fourth-order valence-corrected chi connectivity index (χ4v) is 5.42. The zero-order valence-corrected chi connectivity index (χ0v) is 14.5. The Bertz CT molecular complexity index is 578. The molecule has 0 amide bonds. The van der Waals surface area contributed by atoms with Crippen molar-refractivity contribution in [3.05, 3.63) is 24.3 Å². The summed E-state index contributed by atoms with van der Waals surface area (Å²) in [5, 5.41) is 11.5. The molecule has 122 valence electrons. The molecule has 3 nitrogen and oxygen atoms in total. The second-order valence-corrected chi connectivity index (χ2v) is 9.60. The lowest BCUT2D eigenvalue weighted by Crippen LogP contribution is -2.66. The van der Waals surface area contributed by atoms with Crippen LogP contribution >= 0.6 is 0 Å². The predicted molar refractivity (Wildman–Crippen MR) is 84.9 cm³/mol. The summed E-state index contributed by atoms with van der Waals surface area (Å²) >= 11 is 0. The summed E-state index contributed by atoms with van der Waals surface area (Å²) in [6.45, 7) is 13.1. The van der Waals surface area contributed by atoms with Gasteiger partial charge in [0, 0.05) is 17.3 Å². The van der Waals surface area contributed by atoms with Crippen LogP contribution in [0.2, 0.25) is 0 Å². The van der Waals surface area contributed by atoms with Crippen molar-refractivity contribution in [3.63, 3.8) is 0 Å². The molecule has 6 atom stereocenters. The lowest BCUT2D eigenvalue weighted by molar-refractivity contribution is -0.432. The van der Waals surface area contributed by atoms with Crippen LogP contribution in [-0.4, -0.2) is 22.3 Å². The van der Waals surface area contributed by atoms with E-state index < -0.39 is 11.6 Å². The highest BCUT2D eigenvalue weighted by Gasteiger charge is 2.83. The molecule has 0 aromatic rings. The average Bonchev–Trinajstić information content (AvgIpc) is 2.70. The first-order chi connectivity index (χ1) is 9.98. The molecule has 0 radical (unpaired) electrons. The Morgan fingerprint density at radius 2 is 1.59 bits per heavy atom. The summed E-state index contributed by atoms with van der Waals surface area (Å²) in [7, 11) is 0. The normalized spacial score (nSPS) is 52.4. The lowest BCUT2D eigenvalue weighted by Gasteiger charge is -2.58. The van der Waals surface area contributed by atoms with Crippen LogP contribution in [0.3, 0.4) is 0 Å². The third-order valence-electron chi connectivity index (χ3n) is 6.57. The molecule has 1 N–H and O–H groups in total. The van der Waals surface area contributed by atoms with E-state index in [4.69, 9.17) is 9.47 Å². The van der Waals surface area contributed by atoms with Crippen LogP contribution in [0.5, 0.6) is 0 Å². The number of allylic oxidation sites excluding steroid dienone is 2. The maximum absolute atomic E-state index is 11.5. The fourth-order valence-electron chi connectivity index (χ4n) is 5.42. The first-order valence-corrected chi connectivity index (χ1v) is 8.46. The van der Waals surface area contributed by atoms with Gasteiger partial charge in [0.05, 0.1) is 11.5 Å². The van der Waals surface area contributed by atoms with E-state index >= 15 is 0 Å². The molecule has 3 heteroatoms.